The van der Waals surface area contributed by atoms with Crippen LogP contribution in [0.2, 0.25) is 0 Å². The minimum atomic E-state index is -0.777. The van der Waals surface area contributed by atoms with Crippen molar-refractivity contribution >= 4 is 18.2 Å². The summed E-state index contributed by atoms with van der Waals surface area (Å²) in [6.07, 6.45) is 10.4. The summed E-state index contributed by atoms with van der Waals surface area (Å²) < 4.78 is 46.2. The van der Waals surface area contributed by atoms with Crippen molar-refractivity contribution in [2.24, 2.45) is 35.5 Å². The number of esters is 1. The van der Waals surface area contributed by atoms with Gasteiger partial charge in [-0.15, -0.1) is 0 Å². The predicted octanol–water partition coefficient (Wildman–Crippen LogP) is 10.9. The summed E-state index contributed by atoms with van der Waals surface area (Å²) in [5.74, 6) is 2.99. The number of halogens is 2. The number of carbonyl (C=O) groups excluding carboxylic acids is 2. The molecule has 4 aromatic rings. The Labute approximate surface area is 377 Å². The lowest BCUT2D eigenvalue weighted by Crippen LogP contribution is -2.49. The second-order valence-corrected chi connectivity index (χ2v) is 18.6. The summed E-state index contributed by atoms with van der Waals surface area (Å²) in [7, 11) is 1.42. The molecule has 0 atom stereocenters. The van der Waals surface area contributed by atoms with Crippen LogP contribution in [-0.2, 0) is 20.9 Å². The van der Waals surface area contributed by atoms with Crippen LogP contribution in [-0.4, -0.2) is 73.7 Å². The van der Waals surface area contributed by atoms with Gasteiger partial charge in [0, 0.05) is 49.4 Å². The number of aldehydes is 1. The Balaban J connectivity index is 0.000000184. The van der Waals surface area contributed by atoms with Crippen LogP contribution in [0.25, 0.3) is 22.3 Å². The standard InChI is InChI=1S/C26H32FNO3.C22H25FO2.C5H9NO2/c1-17(2)18-6-10-22(11-7-18)31-23-12-8-19(9-13-23)24-5-3-4-20(25(24)27)14-28-15-21(16-28)26(29)30;1-15(2)16-6-10-19(11-7-16)25-20-12-8-17(9-13-20)21-5-3-4-18(14-24)22(21)23;1-8-5(7)4-2-6-3-4/h3-5,8-9,12-13,17-18,21-22H,6-7,10-11,14-16H2,1-2H3,(H,29,30);3-5,8-9,12-16,19H,6-7,10-11H2,1-2H3;4,6H,2-3H2,1H3. The molecule has 2 saturated heterocycles. The van der Waals surface area contributed by atoms with Crippen LogP contribution in [0.15, 0.2) is 84.9 Å². The number of carboxylic acid groups (broad SMARTS) is 1. The average Bonchev–Trinajstić information content (AvgIpc) is 3.26. The Morgan fingerprint density at radius 2 is 1.16 bits per heavy atom. The number of carbonyl (C=O) groups is 3. The molecule has 0 aromatic heterocycles. The van der Waals surface area contributed by atoms with E-state index in [2.05, 4.69) is 37.7 Å². The van der Waals surface area contributed by atoms with Gasteiger partial charge < -0.3 is 24.6 Å². The summed E-state index contributed by atoms with van der Waals surface area (Å²) in [5.41, 5.74) is 3.26. The third kappa shape index (κ3) is 13.0. The highest BCUT2D eigenvalue weighted by Gasteiger charge is 2.33. The normalized spacial score (nSPS) is 21.3. The minimum absolute atomic E-state index is 0.0831. The van der Waals surface area contributed by atoms with E-state index in [1.54, 1.807) is 24.3 Å². The van der Waals surface area contributed by atoms with Gasteiger partial charge in [-0.25, -0.2) is 8.78 Å². The van der Waals surface area contributed by atoms with E-state index in [-0.39, 0.29) is 41.4 Å². The molecule has 4 aliphatic rings. The first kappa shape index (κ1) is 48.3. The molecule has 11 heteroatoms. The van der Waals surface area contributed by atoms with Gasteiger partial charge in [0.15, 0.2) is 6.29 Å². The first-order valence-corrected chi connectivity index (χ1v) is 23.1. The number of carboxylic acids is 1. The van der Waals surface area contributed by atoms with Crippen molar-refractivity contribution in [1.29, 1.82) is 0 Å². The molecule has 2 aliphatic carbocycles. The van der Waals surface area contributed by atoms with Crippen molar-refractivity contribution in [1.82, 2.24) is 10.2 Å². The summed E-state index contributed by atoms with van der Waals surface area (Å²) in [5, 5.41) is 12.0. The number of hydrogen-bond acceptors (Lipinski definition) is 8. The van der Waals surface area contributed by atoms with Crippen LogP contribution in [0.4, 0.5) is 8.78 Å². The second kappa shape index (κ2) is 23.2. The van der Waals surface area contributed by atoms with E-state index in [0.717, 1.165) is 85.1 Å². The highest BCUT2D eigenvalue weighted by atomic mass is 19.1. The highest BCUT2D eigenvalue weighted by Crippen LogP contribution is 2.35. The van der Waals surface area contributed by atoms with Crippen LogP contribution < -0.4 is 14.8 Å². The molecule has 2 aliphatic heterocycles. The van der Waals surface area contributed by atoms with Gasteiger partial charge in [0.05, 0.1) is 36.7 Å². The first-order valence-electron chi connectivity index (χ1n) is 23.1. The van der Waals surface area contributed by atoms with E-state index >= 15 is 4.39 Å². The molecule has 0 radical (unpaired) electrons. The molecular weight excluding hydrogens is 815 g/mol. The van der Waals surface area contributed by atoms with E-state index < -0.39 is 11.8 Å². The molecule has 344 valence electrons. The lowest BCUT2D eigenvalue weighted by Gasteiger charge is -2.36. The molecule has 2 N–H and O–H groups in total. The summed E-state index contributed by atoms with van der Waals surface area (Å²) >= 11 is 0. The number of methoxy groups -OCH3 is 1. The minimum Gasteiger partial charge on any atom is -0.490 e. The van der Waals surface area contributed by atoms with Gasteiger partial charge in [0.1, 0.15) is 23.1 Å². The van der Waals surface area contributed by atoms with E-state index in [1.807, 2.05) is 59.5 Å². The second-order valence-electron chi connectivity index (χ2n) is 18.6. The number of hydrogen-bond donors (Lipinski definition) is 2. The number of nitrogens with zero attached hydrogens (tertiary/aromatic N) is 1. The number of rotatable bonds is 13. The van der Waals surface area contributed by atoms with Gasteiger partial charge in [-0.1, -0.05) is 82.3 Å². The molecule has 4 aromatic carbocycles. The quantitative estimate of drug-likeness (QED) is 0.100. The number of ether oxygens (including phenoxy) is 3. The SMILES string of the molecule is CC(C)C1CCC(Oc2ccc(-c3cccc(C=O)c3F)cc2)CC1.CC(C)C1CCC(Oc2ccc(-c3cccc(CN4CC(C(=O)O)C4)c3F)cc2)CC1.COC(=O)C1CNC1. The zero-order valence-electron chi connectivity index (χ0n) is 38.1. The lowest BCUT2D eigenvalue weighted by atomic mass is 9.80. The fourth-order valence-corrected chi connectivity index (χ4v) is 9.06. The van der Waals surface area contributed by atoms with Crippen LogP contribution in [0, 0.1) is 47.1 Å². The van der Waals surface area contributed by atoms with Gasteiger partial charge in [0.25, 0.3) is 0 Å². The number of nitrogens with one attached hydrogen (secondary N) is 1. The van der Waals surface area contributed by atoms with Crippen molar-refractivity contribution in [3.63, 3.8) is 0 Å². The van der Waals surface area contributed by atoms with Crippen LogP contribution >= 0.6 is 0 Å². The van der Waals surface area contributed by atoms with Crippen molar-refractivity contribution < 1.29 is 42.5 Å². The van der Waals surface area contributed by atoms with Crippen LogP contribution in [0.3, 0.4) is 0 Å². The van der Waals surface area contributed by atoms with Gasteiger partial charge >= 0.3 is 11.9 Å². The molecule has 0 amide bonds. The van der Waals surface area contributed by atoms with Crippen molar-refractivity contribution in [3.8, 4) is 33.8 Å². The van der Waals surface area contributed by atoms with Gasteiger partial charge in [-0.3, -0.25) is 19.3 Å². The third-order valence-electron chi connectivity index (χ3n) is 13.5. The molecule has 4 fully saturated rings. The Hall–Kier alpha value is -5.13. The molecule has 2 heterocycles. The molecule has 64 heavy (non-hydrogen) atoms. The maximum atomic E-state index is 15.1. The fourth-order valence-electron chi connectivity index (χ4n) is 9.06. The van der Waals surface area contributed by atoms with Crippen molar-refractivity contribution in [3.05, 3.63) is 108 Å². The maximum absolute atomic E-state index is 15.1. The zero-order chi connectivity index (χ0) is 45.8. The molecule has 9 nitrogen and oxygen atoms in total. The van der Waals surface area contributed by atoms with Gasteiger partial charge in [-0.2, -0.15) is 0 Å². The zero-order valence-corrected chi connectivity index (χ0v) is 38.1. The Kier molecular flexibility index (Phi) is 17.5. The van der Waals surface area contributed by atoms with Crippen LogP contribution in [0.1, 0.15) is 95.0 Å². The summed E-state index contributed by atoms with van der Waals surface area (Å²) in [6.45, 7) is 12.1. The summed E-state index contributed by atoms with van der Waals surface area (Å²) in [4.78, 5) is 34.4. The van der Waals surface area contributed by atoms with Gasteiger partial charge in [-0.05, 0) is 116 Å². The van der Waals surface area contributed by atoms with Crippen molar-refractivity contribution in [2.75, 3.05) is 33.3 Å². The lowest BCUT2D eigenvalue weighted by molar-refractivity contribution is -0.148. The Morgan fingerprint density at radius 3 is 1.55 bits per heavy atom. The molecule has 0 bridgehead atoms. The largest absolute Gasteiger partial charge is 0.490 e. The van der Waals surface area contributed by atoms with E-state index in [9.17, 15) is 18.8 Å². The number of benzene rings is 4. The van der Waals surface area contributed by atoms with E-state index in [4.69, 9.17) is 14.6 Å². The molecule has 2 saturated carbocycles. The van der Waals surface area contributed by atoms with Gasteiger partial charge in [0.2, 0.25) is 0 Å². The molecular formula is C53H66F2N2O7. The maximum Gasteiger partial charge on any atom is 0.311 e. The fraction of sp³-hybridized carbons (Fsp3) is 0.491. The molecule has 0 spiro atoms. The number of aliphatic carboxylic acids is 1. The summed E-state index contributed by atoms with van der Waals surface area (Å²) in [6, 6.07) is 25.5. The van der Waals surface area contributed by atoms with Crippen LogP contribution in [0.5, 0.6) is 11.5 Å². The topological polar surface area (TPSA) is 114 Å². The smallest absolute Gasteiger partial charge is 0.311 e. The predicted molar refractivity (Wildman–Crippen MR) is 246 cm³/mol. The Bertz CT molecular complexity index is 2120. The third-order valence-corrected chi connectivity index (χ3v) is 13.5. The Morgan fingerprint density at radius 1 is 0.688 bits per heavy atom. The van der Waals surface area contributed by atoms with E-state index in [0.29, 0.717) is 42.6 Å². The highest BCUT2D eigenvalue weighted by molar-refractivity contribution is 5.80. The average molecular weight is 881 g/mol. The van der Waals surface area contributed by atoms with Crippen molar-refractivity contribution in [2.45, 2.75) is 97.8 Å². The first-order chi connectivity index (χ1) is 30.8. The molecule has 8 rings (SSSR count). The number of likely N-dealkylation sites (tertiary alicyclic amines) is 1. The monoisotopic (exact) mass is 880 g/mol. The van der Waals surface area contributed by atoms with E-state index in [1.165, 1.54) is 38.9 Å². The molecule has 0 unspecified atom stereocenters.